The number of carbonyl (C=O) groups excluding carboxylic acids is 1. The summed E-state index contributed by atoms with van der Waals surface area (Å²) in [5.74, 6) is 0.0985. The summed E-state index contributed by atoms with van der Waals surface area (Å²) in [6, 6.07) is 10.1. The standard InChI is InChI=1S/C17H18N4OS/c1-19-7-9-20(10-8-19)16(22)15-12-23-17-18-14(11-21(15)17)13-5-3-2-4-6-13/h2-6,11-12H,7-10H2,1H3. The molecule has 1 aliphatic rings. The zero-order valence-electron chi connectivity index (χ0n) is 13.0. The fraction of sp³-hybridized carbons (Fsp3) is 0.294. The summed E-state index contributed by atoms with van der Waals surface area (Å²) in [5, 5.41) is 1.91. The number of hydrogen-bond donors (Lipinski definition) is 0. The summed E-state index contributed by atoms with van der Waals surface area (Å²) >= 11 is 1.52. The van der Waals surface area contributed by atoms with Gasteiger partial charge in [0.2, 0.25) is 0 Å². The van der Waals surface area contributed by atoms with E-state index >= 15 is 0 Å². The highest BCUT2D eigenvalue weighted by Crippen LogP contribution is 2.24. The molecule has 0 N–H and O–H groups in total. The first-order valence-corrected chi connectivity index (χ1v) is 8.60. The van der Waals surface area contributed by atoms with Crippen molar-refractivity contribution >= 4 is 22.2 Å². The lowest BCUT2D eigenvalue weighted by Crippen LogP contribution is -2.47. The molecule has 0 bridgehead atoms. The number of benzene rings is 1. The van der Waals surface area contributed by atoms with Gasteiger partial charge in [0.25, 0.3) is 5.91 Å². The highest BCUT2D eigenvalue weighted by molar-refractivity contribution is 7.15. The number of thiazole rings is 1. The van der Waals surface area contributed by atoms with Crippen molar-refractivity contribution in [3.63, 3.8) is 0 Å². The number of hydrogen-bond acceptors (Lipinski definition) is 4. The van der Waals surface area contributed by atoms with Gasteiger partial charge in [0.15, 0.2) is 4.96 Å². The number of imidazole rings is 1. The van der Waals surface area contributed by atoms with E-state index in [-0.39, 0.29) is 5.91 Å². The van der Waals surface area contributed by atoms with Crippen molar-refractivity contribution in [2.75, 3.05) is 33.2 Å². The molecule has 3 heterocycles. The molecule has 1 aromatic carbocycles. The third kappa shape index (κ3) is 2.64. The molecular weight excluding hydrogens is 308 g/mol. The molecule has 5 nitrogen and oxygen atoms in total. The average Bonchev–Trinajstić information content (AvgIpc) is 3.16. The normalized spacial score (nSPS) is 16.1. The van der Waals surface area contributed by atoms with Crippen LogP contribution in [0.5, 0.6) is 0 Å². The summed E-state index contributed by atoms with van der Waals surface area (Å²) < 4.78 is 1.92. The van der Waals surface area contributed by atoms with Crippen LogP contribution in [0.4, 0.5) is 0 Å². The SMILES string of the molecule is CN1CCN(C(=O)c2csc3nc(-c4ccccc4)cn23)CC1. The topological polar surface area (TPSA) is 40.8 Å². The molecule has 3 aromatic rings. The zero-order valence-corrected chi connectivity index (χ0v) is 13.8. The van der Waals surface area contributed by atoms with E-state index in [0.717, 1.165) is 42.4 Å². The Bertz CT molecular complexity index is 831. The number of aromatic nitrogens is 2. The van der Waals surface area contributed by atoms with Crippen molar-refractivity contribution in [1.82, 2.24) is 19.2 Å². The van der Waals surface area contributed by atoms with Crippen LogP contribution in [0.1, 0.15) is 10.5 Å². The summed E-state index contributed by atoms with van der Waals surface area (Å²) in [6.45, 7) is 3.43. The van der Waals surface area contributed by atoms with Crippen LogP contribution in [0.15, 0.2) is 41.9 Å². The molecule has 1 aliphatic heterocycles. The second-order valence-corrected chi connectivity index (χ2v) is 6.70. The van der Waals surface area contributed by atoms with Gasteiger partial charge in [-0.25, -0.2) is 4.98 Å². The Balaban J connectivity index is 1.66. The Labute approximate surface area is 138 Å². The van der Waals surface area contributed by atoms with Crippen LogP contribution in [0, 0.1) is 0 Å². The number of amides is 1. The van der Waals surface area contributed by atoms with Gasteiger partial charge in [0.05, 0.1) is 5.69 Å². The smallest absolute Gasteiger partial charge is 0.271 e. The summed E-state index contributed by atoms with van der Waals surface area (Å²) in [4.78, 5) is 22.5. The van der Waals surface area contributed by atoms with Crippen molar-refractivity contribution in [3.8, 4) is 11.3 Å². The van der Waals surface area contributed by atoms with Crippen molar-refractivity contribution < 1.29 is 4.79 Å². The third-order valence-electron chi connectivity index (χ3n) is 4.29. The fourth-order valence-corrected chi connectivity index (χ4v) is 3.70. The number of nitrogens with zero attached hydrogens (tertiary/aromatic N) is 4. The van der Waals surface area contributed by atoms with Crippen LogP contribution in [-0.2, 0) is 0 Å². The minimum Gasteiger partial charge on any atom is -0.335 e. The minimum absolute atomic E-state index is 0.0985. The Morgan fingerprint density at radius 2 is 1.87 bits per heavy atom. The minimum atomic E-state index is 0.0985. The largest absolute Gasteiger partial charge is 0.335 e. The molecule has 0 atom stereocenters. The van der Waals surface area contributed by atoms with Crippen LogP contribution >= 0.6 is 11.3 Å². The van der Waals surface area contributed by atoms with Gasteiger partial charge >= 0.3 is 0 Å². The molecule has 0 aliphatic carbocycles. The number of fused-ring (bicyclic) bond motifs is 1. The van der Waals surface area contributed by atoms with E-state index in [0.29, 0.717) is 5.69 Å². The Kier molecular flexibility index (Phi) is 3.63. The molecule has 1 saturated heterocycles. The van der Waals surface area contributed by atoms with Gasteiger partial charge in [-0.2, -0.15) is 0 Å². The van der Waals surface area contributed by atoms with Crippen molar-refractivity contribution in [2.24, 2.45) is 0 Å². The van der Waals surface area contributed by atoms with Crippen LogP contribution in [0.3, 0.4) is 0 Å². The van der Waals surface area contributed by atoms with Gasteiger partial charge in [-0.15, -0.1) is 11.3 Å². The van der Waals surface area contributed by atoms with Gasteiger partial charge in [0.1, 0.15) is 5.69 Å². The van der Waals surface area contributed by atoms with E-state index in [4.69, 9.17) is 0 Å². The second-order valence-electron chi connectivity index (χ2n) is 5.86. The molecule has 0 unspecified atom stereocenters. The van der Waals surface area contributed by atoms with Gasteiger partial charge in [0, 0.05) is 43.3 Å². The molecule has 2 aromatic heterocycles. The summed E-state index contributed by atoms with van der Waals surface area (Å²) in [6.07, 6.45) is 1.96. The predicted octanol–water partition coefficient (Wildman–Crippen LogP) is 2.45. The first kappa shape index (κ1) is 14.4. The van der Waals surface area contributed by atoms with Crippen molar-refractivity contribution in [1.29, 1.82) is 0 Å². The van der Waals surface area contributed by atoms with Gasteiger partial charge < -0.3 is 9.80 Å². The summed E-state index contributed by atoms with van der Waals surface area (Å²) in [7, 11) is 2.09. The Hall–Kier alpha value is -2.18. The number of likely N-dealkylation sites (N-methyl/N-ethyl adjacent to an activating group) is 1. The molecule has 6 heteroatoms. The molecule has 0 saturated carbocycles. The lowest BCUT2D eigenvalue weighted by Gasteiger charge is -2.32. The zero-order chi connectivity index (χ0) is 15.8. The monoisotopic (exact) mass is 326 g/mol. The molecule has 0 radical (unpaired) electrons. The quantitative estimate of drug-likeness (QED) is 0.726. The van der Waals surface area contributed by atoms with Crippen LogP contribution < -0.4 is 0 Å². The van der Waals surface area contributed by atoms with Gasteiger partial charge in [-0.05, 0) is 7.05 Å². The Morgan fingerprint density at radius 3 is 2.61 bits per heavy atom. The molecule has 0 spiro atoms. The van der Waals surface area contributed by atoms with Crippen molar-refractivity contribution in [2.45, 2.75) is 0 Å². The van der Waals surface area contributed by atoms with Gasteiger partial charge in [-0.3, -0.25) is 9.20 Å². The maximum absolute atomic E-state index is 12.8. The van der Waals surface area contributed by atoms with E-state index in [9.17, 15) is 4.79 Å². The van der Waals surface area contributed by atoms with E-state index in [1.807, 2.05) is 51.2 Å². The Morgan fingerprint density at radius 1 is 1.13 bits per heavy atom. The first-order chi connectivity index (χ1) is 11.2. The highest BCUT2D eigenvalue weighted by atomic mass is 32.1. The molecule has 118 valence electrons. The number of piperazine rings is 1. The van der Waals surface area contributed by atoms with E-state index < -0.39 is 0 Å². The molecule has 1 amide bonds. The second kappa shape index (κ2) is 5.79. The maximum Gasteiger partial charge on any atom is 0.271 e. The predicted molar refractivity (Wildman–Crippen MR) is 91.9 cm³/mol. The van der Waals surface area contributed by atoms with Crippen molar-refractivity contribution in [3.05, 3.63) is 47.6 Å². The average molecular weight is 326 g/mol. The molecule has 4 rings (SSSR count). The van der Waals surface area contributed by atoms with Crippen LogP contribution in [0.25, 0.3) is 16.2 Å². The third-order valence-corrected chi connectivity index (χ3v) is 5.13. The maximum atomic E-state index is 12.8. The molecule has 1 fully saturated rings. The van der Waals surface area contributed by atoms with E-state index in [1.165, 1.54) is 11.3 Å². The highest BCUT2D eigenvalue weighted by Gasteiger charge is 2.23. The van der Waals surface area contributed by atoms with Crippen LogP contribution in [-0.4, -0.2) is 58.3 Å². The fourth-order valence-electron chi connectivity index (χ4n) is 2.86. The number of carbonyl (C=O) groups is 1. The lowest BCUT2D eigenvalue weighted by molar-refractivity contribution is 0.0657. The van der Waals surface area contributed by atoms with Gasteiger partial charge in [-0.1, -0.05) is 30.3 Å². The van der Waals surface area contributed by atoms with Crippen LogP contribution in [0.2, 0.25) is 0 Å². The summed E-state index contributed by atoms with van der Waals surface area (Å²) in [5.41, 5.74) is 2.69. The van der Waals surface area contributed by atoms with E-state index in [2.05, 4.69) is 16.9 Å². The molecular formula is C17H18N4OS. The molecule has 23 heavy (non-hydrogen) atoms. The van der Waals surface area contributed by atoms with E-state index in [1.54, 1.807) is 0 Å². The number of rotatable bonds is 2. The lowest BCUT2D eigenvalue weighted by atomic mass is 10.2. The first-order valence-electron chi connectivity index (χ1n) is 7.72.